The van der Waals surface area contributed by atoms with Crippen molar-refractivity contribution in [3.05, 3.63) is 0 Å². The van der Waals surface area contributed by atoms with Crippen LogP contribution in [-0.2, 0) is 0 Å². The highest BCUT2D eigenvalue weighted by Gasteiger charge is 2.30. The fourth-order valence-corrected chi connectivity index (χ4v) is 3.20. The maximum absolute atomic E-state index is 3.42. The topological polar surface area (TPSA) is 15.3 Å². The molecular weight excluding hydrogens is 232 g/mol. The van der Waals surface area contributed by atoms with Crippen LogP contribution in [-0.4, -0.2) is 37.6 Å². The quantitative estimate of drug-likeness (QED) is 0.606. The van der Waals surface area contributed by atoms with Gasteiger partial charge in [-0.15, -0.1) is 0 Å². The molecule has 0 aliphatic rings. The molecule has 2 nitrogen and oxygen atoms in total. The van der Waals surface area contributed by atoms with Gasteiger partial charge in [0, 0.05) is 25.7 Å². The molecule has 0 aliphatic carbocycles. The summed E-state index contributed by atoms with van der Waals surface area (Å²) in [5.41, 5.74) is 0.437. The second kappa shape index (κ2) is 9.77. The summed E-state index contributed by atoms with van der Waals surface area (Å²) in [6.45, 7) is 17.7. The van der Waals surface area contributed by atoms with E-state index < -0.39 is 0 Å². The lowest BCUT2D eigenvalue weighted by Crippen LogP contribution is -2.47. The summed E-state index contributed by atoms with van der Waals surface area (Å²) < 4.78 is 0. The van der Waals surface area contributed by atoms with Crippen molar-refractivity contribution in [1.29, 1.82) is 0 Å². The van der Waals surface area contributed by atoms with Crippen LogP contribution >= 0.6 is 0 Å². The minimum atomic E-state index is 0.437. The summed E-state index contributed by atoms with van der Waals surface area (Å²) in [6, 6.07) is 0.747. The normalized spacial score (nSPS) is 12.9. The van der Waals surface area contributed by atoms with Crippen molar-refractivity contribution in [3.8, 4) is 0 Å². The molecule has 0 amide bonds. The molecule has 0 aliphatic heterocycles. The van der Waals surface area contributed by atoms with Crippen LogP contribution in [0, 0.1) is 11.3 Å². The Labute approximate surface area is 122 Å². The van der Waals surface area contributed by atoms with E-state index in [0.717, 1.165) is 18.5 Å². The first kappa shape index (κ1) is 18.9. The Kier molecular flexibility index (Phi) is 9.72. The Bertz CT molecular complexity index is 205. The van der Waals surface area contributed by atoms with Crippen molar-refractivity contribution in [1.82, 2.24) is 10.2 Å². The highest BCUT2D eigenvalue weighted by Crippen LogP contribution is 2.29. The zero-order valence-corrected chi connectivity index (χ0v) is 14.6. The average Bonchev–Trinajstić information content (AvgIpc) is 2.38. The van der Waals surface area contributed by atoms with Crippen molar-refractivity contribution >= 4 is 0 Å². The molecule has 0 unspecified atom stereocenters. The molecule has 0 rings (SSSR count). The van der Waals surface area contributed by atoms with Crippen LogP contribution < -0.4 is 5.32 Å². The van der Waals surface area contributed by atoms with E-state index in [1.165, 1.54) is 38.8 Å². The van der Waals surface area contributed by atoms with Gasteiger partial charge in [0.1, 0.15) is 0 Å². The van der Waals surface area contributed by atoms with Crippen molar-refractivity contribution in [2.45, 2.75) is 73.3 Å². The van der Waals surface area contributed by atoms with Crippen LogP contribution in [0.1, 0.15) is 67.2 Å². The van der Waals surface area contributed by atoms with Crippen LogP contribution in [0.3, 0.4) is 0 Å². The van der Waals surface area contributed by atoms with Crippen LogP contribution in [0.5, 0.6) is 0 Å². The van der Waals surface area contributed by atoms with Gasteiger partial charge in [-0.2, -0.15) is 0 Å². The molecule has 0 saturated carbocycles. The largest absolute Gasteiger partial charge is 0.319 e. The Morgan fingerprint density at radius 2 is 1.53 bits per heavy atom. The molecule has 0 radical (unpaired) electrons. The van der Waals surface area contributed by atoms with Crippen molar-refractivity contribution in [2.24, 2.45) is 11.3 Å². The summed E-state index contributed by atoms with van der Waals surface area (Å²) in [4.78, 5) is 2.76. The van der Waals surface area contributed by atoms with Gasteiger partial charge < -0.3 is 5.32 Å². The van der Waals surface area contributed by atoms with E-state index in [0.29, 0.717) is 5.41 Å². The Balaban J connectivity index is 4.92. The number of hydrogen-bond donors (Lipinski definition) is 1. The molecule has 0 bridgehead atoms. The van der Waals surface area contributed by atoms with Gasteiger partial charge in [0.15, 0.2) is 0 Å². The van der Waals surface area contributed by atoms with Gasteiger partial charge in [-0.3, -0.25) is 4.90 Å². The van der Waals surface area contributed by atoms with Crippen LogP contribution in [0.4, 0.5) is 0 Å². The van der Waals surface area contributed by atoms with Gasteiger partial charge in [0.2, 0.25) is 0 Å². The molecule has 0 aromatic rings. The summed E-state index contributed by atoms with van der Waals surface area (Å²) in [5, 5.41) is 3.42. The third-order valence-corrected chi connectivity index (χ3v) is 4.65. The maximum Gasteiger partial charge on any atom is 0.00903 e. The third-order valence-electron chi connectivity index (χ3n) is 4.65. The SMILES string of the molecule is CCC(CC)N(CC(C)C)CC(CC)(CC)CNC. The lowest BCUT2D eigenvalue weighted by atomic mass is 9.81. The van der Waals surface area contributed by atoms with Crippen LogP contribution in [0.25, 0.3) is 0 Å². The second-order valence-electron chi connectivity index (χ2n) is 6.53. The van der Waals surface area contributed by atoms with Crippen molar-refractivity contribution < 1.29 is 0 Å². The molecule has 2 heteroatoms. The summed E-state index contributed by atoms with van der Waals surface area (Å²) in [5.74, 6) is 0.751. The fraction of sp³-hybridized carbons (Fsp3) is 1.00. The van der Waals surface area contributed by atoms with Crippen LogP contribution in [0.15, 0.2) is 0 Å². The van der Waals surface area contributed by atoms with Gasteiger partial charge >= 0.3 is 0 Å². The smallest absolute Gasteiger partial charge is 0.00903 e. The summed E-state index contributed by atoms with van der Waals surface area (Å²) in [6.07, 6.45) is 5.07. The fourth-order valence-electron chi connectivity index (χ4n) is 3.20. The molecule has 0 aromatic carbocycles. The molecule has 1 N–H and O–H groups in total. The highest BCUT2D eigenvalue weighted by molar-refractivity contribution is 4.85. The second-order valence-corrected chi connectivity index (χ2v) is 6.53. The van der Waals surface area contributed by atoms with E-state index in [2.05, 4.69) is 58.8 Å². The predicted octanol–water partition coefficient (Wildman–Crippen LogP) is 4.16. The van der Waals surface area contributed by atoms with Gasteiger partial charge in [-0.05, 0) is 44.1 Å². The molecular formula is C17H38N2. The monoisotopic (exact) mass is 270 g/mol. The first-order valence-electron chi connectivity index (χ1n) is 8.37. The van der Waals surface area contributed by atoms with E-state index in [-0.39, 0.29) is 0 Å². The zero-order valence-electron chi connectivity index (χ0n) is 14.6. The number of nitrogens with one attached hydrogen (secondary N) is 1. The number of rotatable bonds is 11. The third kappa shape index (κ3) is 6.27. The average molecular weight is 271 g/mol. The minimum absolute atomic E-state index is 0.437. The van der Waals surface area contributed by atoms with Crippen LogP contribution in [0.2, 0.25) is 0 Å². The van der Waals surface area contributed by atoms with Crippen molar-refractivity contribution in [2.75, 3.05) is 26.7 Å². The first-order chi connectivity index (χ1) is 8.98. The molecule has 0 fully saturated rings. The lowest BCUT2D eigenvalue weighted by molar-refractivity contribution is 0.0839. The summed E-state index contributed by atoms with van der Waals surface area (Å²) in [7, 11) is 2.09. The Morgan fingerprint density at radius 1 is 1.00 bits per heavy atom. The first-order valence-corrected chi connectivity index (χ1v) is 8.37. The van der Waals surface area contributed by atoms with E-state index >= 15 is 0 Å². The zero-order chi connectivity index (χ0) is 14.9. The Morgan fingerprint density at radius 3 is 1.84 bits per heavy atom. The predicted molar refractivity (Wildman–Crippen MR) is 87.7 cm³/mol. The minimum Gasteiger partial charge on any atom is -0.319 e. The van der Waals surface area contributed by atoms with E-state index in [9.17, 15) is 0 Å². The van der Waals surface area contributed by atoms with E-state index in [4.69, 9.17) is 0 Å². The number of nitrogens with zero attached hydrogens (tertiary/aromatic N) is 1. The van der Waals surface area contributed by atoms with Gasteiger partial charge in [0.25, 0.3) is 0 Å². The molecule has 0 saturated heterocycles. The lowest BCUT2D eigenvalue weighted by Gasteiger charge is -2.41. The maximum atomic E-state index is 3.42. The standard InChI is InChI=1S/C17H38N2/c1-8-16(9-2)19(12-15(5)6)14-17(10-3,11-4)13-18-7/h15-16,18H,8-14H2,1-7H3. The summed E-state index contributed by atoms with van der Waals surface area (Å²) >= 11 is 0. The molecule has 0 aromatic heterocycles. The van der Waals surface area contributed by atoms with E-state index in [1.807, 2.05) is 0 Å². The number of hydrogen-bond acceptors (Lipinski definition) is 2. The van der Waals surface area contributed by atoms with Gasteiger partial charge in [0.05, 0.1) is 0 Å². The van der Waals surface area contributed by atoms with Gasteiger partial charge in [-0.25, -0.2) is 0 Å². The molecule has 116 valence electrons. The molecule has 19 heavy (non-hydrogen) atoms. The molecule has 0 spiro atoms. The van der Waals surface area contributed by atoms with Crippen molar-refractivity contribution in [3.63, 3.8) is 0 Å². The Hall–Kier alpha value is -0.0800. The van der Waals surface area contributed by atoms with Gasteiger partial charge in [-0.1, -0.05) is 41.5 Å². The molecule has 0 atom stereocenters. The highest BCUT2D eigenvalue weighted by atomic mass is 15.2. The van der Waals surface area contributed by atoms with E-state index in [1.54, 1.807) is 0 Å². The molecule has 0 heterocycles.